The number of nitrogens with zero attached hydrogens (tertiary/aromatic N) is 2. The zero-order chi connectivity index (χ0) is 16.0. The van der Waals surface area contributed by atoms with Crippen LogP contribution in [0.15, 0.2) is 18.2 Å². The number of benzene rings is 1. The van der Waals surface area contributed by atoms with Crippen molar-refractivity contribution in [2.24, 2.45) is 0 Å². The van der Waals surface area contributed by atoms with Crippen LogP contribution in [0.2, 0.25) is 0 Å². The zero-order valence-electron chi connectivity index (χ0n) is 14.6. The first-order valence-electron chi connectivity index (χ1n) is 7.71. The SMILES string of the molecule is CCN(c1cccc(OC)c1C(C)NC)C(C)CN(C)C. The highest BCUT2D eigenvalue weighted by molar-refractivity contribution is 5.61. The molecule has 0 saturated heterocycles. The summed E-state index contributed by atoms with van der Waals surface area (Å²) in [6.07, 6.45) is 0. The maximum Gasteiger partial charge on any atom is 0.125 e. The smallest absolute Gasteiger partial charge is 0.125 e. The first kappa shape index (κ1) is 17.8. The van der Waals surface area contributed by atoms with Crippen LogP contribution in [-0.4, -0.2) is 52.3 Å². The molecule has 1 N–H and O–H groups in total. The molecular formula is C17H31N3O. The van der Waals surface area contributed by atoms with Crippen LogP contribution in [0.25, 0.3) is 0 Å². The Hall–Kier alpha value is -1.26. The van der Waals surface area contributed by atoms with Crippen LogP contribution in [0.3, 0.4) is 0 Å². The Morgan fingerprint density at radius 1 is 1.24 bits per heavy atom. The van der Waals surface area contributed by atoms with Gasteiger partial charge in [0.25, 0.3) is 0 Å². The van der Waals surface area contributed by atoms with E-state index in [0.717, 1.165) is 18.8 Å². The van der Waals surface area contributed by atoms with E-state index < -0.39 is 0 Å². The molecule has 1 aromatic carbocycles. The average molecular weight is 293 g/mol. The van der Waals surface area contributed by atoms with E-state index in [1.165, 1.54) is 11.3 Å². The first-order valence-corrected chi connectivity index (χ1v) is 7.71. The molecule has 0 aliphatic carbocycles. The molecule has 2 atom stereocenters. The molecule has 0 aliphatic rings. The van der Waals surface area contributed by atoms with Gasteiger partial charge in [-0.1, -0.05) is 6.07 Å². The van der Waals surface area contributed by atoms with E-state index in [1.54, 1.807) is 7.11 Å². The first-order chi connectivity index (χ1) is 9.96. The highest BCUT2D eigenvalue weighted by Crippen LogP contribution is 2.35. The number of rotatable bonds is 8. The number of ether oxygens (including phenoxy) is 1. The second-order valence-electron chi connectivity index (χ2n) is 5.80. The van der Waals surface area contributed by atoms with Crippen molar-refractivity contribution < 1.29 is 4.74 Å². The fraction of sp³-hybridized carbons (Fsp3) is 0.647. The lowest BCUT2D eigenvalue weighted by Gasteiger charge is -2.35. The summed E-state index contributed by atoms with van der Waals surface area (Å²) >= 11 is 0. The third-order valence-corrected chi connectivity index (χ3v) is 3.94. The maximum absolute atomic E-state index is 5.59. The van der Waals surface area contributed by atoms with E-state index in [9.17, 15) is 0 Å². The normalized spacial score (nSPS) is 14.1. The Kier molecular flexibility index (Phi) is 6.99. The fourth-order valence-electron chi connectivity index (χ4n) is 2.89. The lowest BCUT2D eigenvalue weighted by Crippen LogP contribution is -2.41. The lowest BCUT2D eigenvalue weighted by molar-refractivity contribution is 0.371. The van der Waals surface area contributed by atoms with Crippen LogP contribution in [0.4, 0.5) is 5.69 Å². The molecule has 0 fully saturated rings. The molecule has 120 valence electrons. The highest BCUT2D eigenvalue weighted by atomic mass is 16.5. The van der Waals surface area contributed by atoms with Crippen LogP contribution in [0, 0.1) is 0 Å². The standard InChI is InChI=1S/C17H31N3O/c1-8-20(13(2)12-19(5)6)15-10-9-11-16(21-7)17(15)14(3)18-4/h9-11,13-14,18H,8,12H2,1-7H3. The molecule has 0 aliphatic heterocycles. The van der Waals surface area contributed by atoms with E-state index >= 15 is 0 Å². The minimum atomic E-state index is 0.247. The second-order valence-corrected chi connectivity index (χ2v) is 5.80. The zero-order valence-corrected chi connectivity index (χ0v) is 14.6. The number of methoxy groups -OCH3 is 1. The number of hydrogen-bond donors (Lipinski definition) is 1. The minimum Gasteiger partial charge on any atom is -0.496 e. The molecule has 1 aromatic rings. The van der Waals surface area contributed by atoms with Gasteiger partial charge in [-0.3, -0.25) is 0 Å². The highest BCUT2D eigenvalue weighted by Gasteiger charge is 2.21. The average Bonchev–Trinajstić information content (AvgIpc) is 2.46. The maximum atomic E-state index is 5.59. The summed E-state index contributed by atoms with van der Waals surface area (Å²) in [6.45, 7) is 8.66. The van der Waals surface area contributed by atoms with Crippen molar-refractivity contribution in [1.29, 1.82) is 0 Å². The van der Waals surface area contributed by atoms with Crippen LogP contribution in [0.1, 0.15) is 32.4 Å². The number of anilines is 1. The van der Waals surface area contributed by atoms with E-state index in [-0.39, 0.29) is 6.04 Å². The molecule has 2 unspecified atom stereocenters. The third-order valence-electron chi connectivity index (χ3n) is 3.94. The summed E-state index contributed by atoms with van der Waals surface area (Å²) < 4.78 is 5.59. The Morgan fingerprint density at radius 3 is 2.38 bits per heavy atom. The van der Waals surface area contributed by atoms with Gasteiger partial charge in [0.2, 0.25) is 0 Å². The topological polar surface area (TPSA) is 27.7 Å². The Morgan fingerprint density at radius 2 is 1.90 bits per heavy atom. The third kappa shape index (κ3) is 4.35. The van der Waals surface area contributed by atoms with Gasteiger partial charge in [-0.05, 0) is 54.0 Å². The second kappa shape index (κ2) is 8.25. The Labute approximate surface area is 130 Å². The molecular weight excluding hydrogens is 262 g/mol. The summed E-state index contributed by atoms with van der Waals surface area (Å²) in [5, 5.41) is 3.34. The van der Waals surface area contributed by atoms with Gasteiger partial charge in [0.1, 0.15) is 5.75 Å². The van der Waals surface area contributed by atoms with Crippen molar-refractivity contribution in [2.75, 3.05) is 46.2 Å². The van der Waals surface area contributed by atoms with Crippen LogP contribution < -0.4 is 15.0 Å². The van der Waals surface area contributed by atoms with E-state index in [2.05, 4.69) is 62.1 Å². The number of nitrogens with one attached hydrogen (secondary N) is 1. The quantitative estimate of drug-likeness (QED) is 0.797. The Balaban J connectivity index is 3.25. The molecule has 0 aromatic heterocycles. The summed E-state index contributed by atoms with van der Waals surface area (Å²) in [7, 11) is 7.96. The van der Waals surface area contributed by atoms with Crippen LogP contribution >= 0.6 is 0 Å². The van der Waals surface area contributed by atoms with Crippen LogP contribution in [0.5, 0.6) is 5.75 Å². The molecule has 0 radical (unpaired) electrons. The predicted molar refractivity (Wildman–Crippen MR) is 91.5 cm³/mol. The van der Waals surface area contributed by atoms with Gasteiger partial charge in [0, 0.05) is 36.4 Å². The molecule has 0 amide bonds. The van der Waals surface area contributed by atoms with Crippen molar-refractivity contribution in [3.63, 3.8) is 0 Å². The van der Waals surface area contributed by atoms with Crippen molar-refractivity contribution in [3.05, 3.63) is 23.8 Å². The molecule has 0 bridgehead atoms. The van der Waals surface area contributed by atoms with Crippen molar-refractivity contribution in [3.8, 4) is 5.75 Å². The predicted octanol–water partition coefficient (Wildman–Crippen LogP) is 2.75. The molecule has 0 saturated carbocycles. The Bertz CT molecular complexity index is 434. The van der Waals surface area contributed by atoms with Crippen molar-refractivity contribution in [2.45, 2.75) is 32.9 Å². The largest absolute Gasteiger partial charge is 0.496 e. The number of hydrogen-bond acceptors (Lipinski definition) is 4. The monoisotopic (exact) mass is 293 g/mol. The van der Waals surface area contributed by atoms with E-state index in [0.29, 0.717) is 6.04 Å². The lowest BCUT2D eigenvalue weighted by atomic mass is 10.0. The molecule has 4 heteroatoms. The van der Waals surface area contributed by atoms with Gasteiger partial charge in [-0.2, -0.15) is 0 Å². The van der Waals surface area contributed by atoms with Crippen molar-refractivity contribution >= 4 is 5.69 Å². The summed E-state index contributed by atoms with van der Waals surface area (Å²) in [5.74, 6) is 0.949. The van der Waals surface area contributed by atoms with Crippen LogP contribution in [-0.2, 0) is 0 Å². The van der Waals surface area contributed by atoms with Crippen molar-refractivity contribution in [1.82, 2.24) is 10.2 Å². The van der Waals surface area contributed by atoms with Gasteiger partial charge in [-0.15, -0.1) is 0 Å². The summed E-state index contributed by atoms with van der Waals surface area (Å²) in [6, 6.07) is 7.00. The molecule has 21 heavy (non-hydrogen) atoms. The summed E-state index contributed by atoms with van der Waals surface area (Å²) in [4.78, 5) is 4.68. The van der Waals surface area contributed by atoms with Gasteiger partial charge in [-0.25, -0.2) is 0 Å². The van der Waals surface area contributed by atoms with E-state index in [4.69, 9.17) is 4.74 Å². The summed E-state index contributed by atoms with van der Waals surface area (Å²) in [5.41, 5.74) is 2.49. The van der Waals surface area contributed by atoms with Gasteiger partial charge < -0.3 is 19.9 Å². The van der Waals surface area contributed by atoms with Gasteiger partial charge in [0.15, 0.2) is 0 Å². The molecule has 1 rings (SSSR count). The fourth-order valence-corrected chi connectivity index (χ4v) is 2.89. The number of likely N-dealkylation sites (N-methyl/N-ethyl adjacent to an activating group) is 2. The van der Waals surface area contributed by atoms with Gasteiger partial charge in [0.05, 0.1) is 7.11 Å². The van der Waals surface area contributed by atoms with E-state index in [1.807, 2.05) is 13.1 Å². The minimum absolute atomic E-state index is 0.247. The molecule has 0 spiro atoms. The molecule has 0 heterocycles. The van der Waals surface area contributed by atoms with Gasteiger partial charge >= 0.3 is 0 Å². The molecule has 4 nitrogen and oxygen atoms in total.